The molecule has 0 saturated heterocycles. The topological polar surface area (TPSA) is 59.1 Å². The maximum absolute atomic E-state index is 13.4. The van der Waals surface area contributed by atoms with E-state index < -0.39 is 33.5 Å². The molecule has 1 aromatic carbocycles. The number of rotatable bonds is 5. The predicted octanol–water partition coefficient (Wildman–Crippen LogP) is 4.05. The van der Waals surface area contributed by atoms with Crippen LogP contribution in [0.15, 0.2) is 42.6 Å². The van der Waals surface area contributed by atoms with Crippen LogP contribution in [0.3, 0.4) is 0 Å². The smallest absolute Gasteiger partial charge is 0.298 e. The number of aldehydes is 1. The van der Waals surface area contributed by atoms with Gasteiger partial charge in [-0.05, 0) is 38.5 Å². The molecule has 8 heteroatoms. The number of alkyl halides is 3. The largest absolute Gasteiger partial charge is 0.418 e. The number of nitrogens with zero attached hydrogens (tertiary/aromatic N) is 1. The van der Waals surface area contributed by atoms with Gasteiger partial charge in [0.15, 0.2) is 0 Å². The fraction of sp³-hybridized carbons (Fsp3) is 0.333. The highest BCUT2D eigenvalue weighted by molar-refractivity contribution is 7.84. The minimum absolute atomic E-state index is 0.267. The predicted molar refractivity (Wildman–Crippen MR) is 93.9 cm³/mol. The highest BCUT2D eigenvalue weighted by Gasteiger charge is 2.37. The summed E-state index contributed by atoms with van der Waals surface area (Å²) in [6.45, 7) is 5.14. The zero-order chi connectivity index (χ0) is 19.5. The lowest BCUT2D eigenvalue weighted by atomic mass is 9.99. The van der Waals surface area contributed by atoms with Gasteiger partial charge in [0.2, 0.25) is 0 Å². The Balaban J connectivity index is 2.57. The molecule has 2 atom stereocenters. The first-order valence-electron chi connectivity index (χ1n) is 7.79. The molecule has 1 N–H and O–H groups in total. The second-order valence-corrected chi connectivity index (χ2v) is 8.65. The fourth-order valence-electron chi connectivity index (χ4n) is 2.22. The van der Waals surface area contributed by atoms with E-state index >= 15 is 0 Å². The Morgan fingerprint density at radius 2 is 1.73 bits per heavy atom. The van der Waals surface area contributed by atoms with Gasteiger partial charge in [-0.2, -0.15) is 13.2 Å². The molecule has 0 amide bonds. The molecule has 0 bridgehead atoms. The molecular formula is C18H19F3N2O2S. The monoisotopic (exact) mass is 384 g/mol. The van der Waals surface area contributed by atoms with Crippen LogP contribution < -0.4 is 4.72 Å². The summed E-state index contributed by atoms with van der Waals surface area (Å²) in [5.74, 6) is 0. The van der Waals surface area contributed by atoms with Crippen molar-refractivity contribution in [2.45, 2.75) is 37.7 Å². The molecule has 1 aromatic heterocycles. The van der Waals surface area contributed by atoms with Crippen LogP contribution in [0.25, 0.3) is 0 Å². The number of halogens is 3. The molecule has 0 radical (unpaired) electrons. The second-order valence-electron chi connectivity index (χ2n) is 6.65. The van der Waals surface area contributed by atoms with Crippen molar-refractivity contribution in [1.29, 1.82) is 0 Å². The van der Waals surface area contributed by atoms with E-state index in [-0.39, 0.29) is 5.69 Å². The van der Waals surface area contributed by atoms with Gasteiger partial charge < -0.3 is 0 Å². The number of hydrogen-bond donors (Lipinski definition) is 1. The summed E-state index contributed by atoms with van der Waals surface area (Å²) in [5.41, 5.74) is -0.349. The van der Waals surface area contributed by atoms with Crippen molar-refractivity contribution >= 4 is 17.3 Å². The summed E-state index contributed by atoms with van der Waals surface area (Å²) in [6, 6.07) is 7.14. The van der Waals surface area contributed by atoms with Gasteiger partial charge in [0, 0.05) is 11.8 Å². The normalized spacial score (nSPS) is 14.7. The molecule has 0 aliphatic heterocycles. The molecule has 2 aromatic rings. The third-order valence-electron chi connectivity index (χ3n) is 3.60. The van der Waals surface area contributed by atoms with Crippen LogP contribution >= 0.6 is 0 Å². The van der Waals surface area contributed by atoms with Crippen molar-refractivity contribution in [1.82, 2.24) is 9.71 Å². The van der Waals surface area contributed by atoms with Crippen LogP contribution in [0.2, 0.25) is 0 Å². The van der Waals surface area contributed by atoms with Crippen molar-refractivity contribution < 1.29 is 22.2 Å². The second kappa shape index (κ2) is 7.67. The van der Waals surface area contributed by atoms with Gasteiger partial charge in [-0.15, -0.1) is 0 Å². The van der Waals surface area contributed by atoms with E-state index in [1.165, 1.54) is 36.5 Å². The fourth-order valence-corrected chi connectivity index (χ4v) is 3.04. The lowest BCUT2D eigenvalue weighted by Gasteiger charge is -2.26. The van der Waals surface area contributed by atoms with Gasteiger partial charge in [0.05, 0.1) is 33.0 Å². The summed E-state index contributed by atoms with van der Waals surface area (Å²) in [7, 11) is -1.64. The molecule has 140 valence electrons. The summed E-state index contributed by atoms with van der Waals surface area (Å²) >= 11 is 0. The third-order valence-corrected chi connectivity index (χ3v) is 5.17. The molecule has 0 aliphatic carbocycles. The number of benzene rings is 1. The van der Waals surface area contributed by atoms with E-state index in [1.54, 1.807) is 20.8 Å². The average molecular weight is 384 g/mol. The molecule has 0 spiro atoms. The third kappa shape index (κ3) is 4.76. The van der Waals surface area contributed by atoms with Gasteiger partial charge in [-0.25, -0.2) is 8.93 Å². The summed E-state index contributed by atoms with van der Waals surface area (Å²) in [5, 5.41) is 0. The van der Waals surface area contributed by atoms with Gasteiger partial charge in [-0.3, -0.25) is 9.78 Å². The van der Waals surface area contributed by atoms with Crippen LogP contribution in [0.1, 0.15) is 54.0 Å². The first kappa shape index (κ1) is 20.3. The average Bonchev–Trinajstić information content (AvgIpc) is 2.58. The van der Waals surface area contributed by atoms with E-state index in [1.807, 2.05) is 0 Å². The number of hydrogen-bond acceptors (Lipinski definition) is 3. The van der Waals surface area contributed by atoms with Crippen molar-refractivity contribution in [3.05, 3.63) is 65.0 Å². The minimum atomic E-state index is -4.60. The van der Waals surface area contributed by atoms with E-state index in [4.69, 9.17) is 0 Å². The van der Waals surface area contributed by atoms with Gasteiger partial charge in [-0.1, -0.05) is 24.3 Å². The molecule has 0 saturated carbocycles. The maximum Gasteiger partial charge on any atom is 0.418 e. The van der Waals surface area contributed by atoms with Crippen molar-refractivity contribution in [2.24, 2.45) is 0 Å². The van der Waals surface area contributed by atoms with E-state index in [0.29, 0.717) is 17.4 Å². The Kier molecular flexibility index (Phi) is 5.98. The first-order chi connectivity index (χ1) is 12.0. The molecule has 1 heterocycles. The Morgan fingerprint density at radius 1 is 1.12 bits per heavy atom. The van der Waals surface area contributed by atoms with Gasteiger partial charge >= 0.3 is 6.18 Å². The standard InChI is InChI=1S/C18H19F3N2O2S/c1-17(2,3)26(25)23-15(13-8-6-12(11-24)7-9-13)16-14(18(19,20)21)5-4-10-22-16/h4-11,15,23H,1-3H3. The Labute approximate surface area is 152 Å². The Hall–Kier alpha value is -2.06. The lowest BCUT2D eigenvalue weighted by Crippen LogP contribution is -2.37. The van der Waals surface area contributed by atoms with E-state index in [0.717, 1.165) is 6.07 Å². The molecule has 2 unspecified atom stereocenters. The lowest BCUT2D eigenvalue weighted by molar-refractivity contribution is -0.138. The molecule has 2 rings (SSSR count). The van der Waals surface area contributed by atoms with Crippen LogP contribution in [-0.2, 0) is 17.2 Å². The Bertz CT molecular complexity index is 799. The van der Waals surface area contributed by atoms with Crippen LogP contribution in [0.4, 0.5) is 13.2 Å². The first-order valence-corrected chi connectivity index (χ1v) is 8.94. The number of carbonyl (C=O) groups excluding carboxylic acids is 1. The summed E-state index contributed by atoms with van der Waals surface area (Å²) in [4.78, 5) is 14.7. The zero-order valence-corrected chi connectivity index (χ0v) is 15.3. The van der Waals surface area contributed by atoms with Crippen molar-refractivity contribution in [3.8, 4) is 0 Å². The van der Waals surface area contributed by atoms with Gasteiger partial charge in [0.1, 0.15) is 6.29 Å². The molecule has 26 heavy (non-hydrogen) atoms. The van der Waals surface area contributed by atoms with Gasteiger partial charge in [0.25, 0.3) is 0 Å². The van der Waals surface area contributed by atoms with Crippen LogP contribution in [0.5, 0.6) is 0 Å². The maximum atomic E-state index is 13.4. The van der Waals surface area contributed by atoms with Crippen LogP contribution in [-0.4, -0.2) is 20.2 Å². The summed E-state index contributed by atoms with van der Waals surface area (Å²) in [6.07, 6.45) is -2.70. The summed E-state index contributed by atoms with van der Waals surface area (Å²) < 4.78 is 54.9. The number of pyridine rings is 1. The van der Waals surface area contributed by atoms with E-state index in [9.17, 15) is 22.2 Å². The Morgan fingerprint density at radius 3 is 2.23 bits per heavy atom. The minimum Gasteiger partial charge on any atom is -0.298 e. The highest BCUT2D eigenvalue weighted by atomic mass is 32.2. The number of aromatic nitrogens is 1. The molecule has 4 nitrogen and oxygen atoms in total. The zero-order valence-electron chi connectivity index (χ0n) is 14.5. The van der Waals surface area contributed by atoms with E-state index in [2.05, 4.69) is 9.71 Å². The molecular weight excluding hydrogens is 365 g/mol. The molecule has 0 aliphatic rings. The van der Waals surface area contributed by atoms with Crippen molar-refractivity contribution in [2.75, 3.05) is 0 Å². The number of nitrogens with one attached hydrogen (secondary N) is 1. The van der Waals surface area contributed by atoms with Crippen LogP contribution in [0, 0.1) is 0 Å². The number of carbonyl (C=O) groups is 1. The molecule has 0 fully saturated rings. The highest BCUT2D eigenvalue weighted by Crippen LogP contribution is 2.36. The SMILES string of the molecule is CC(C)(C)S(=O)NC(c1ccc(C=O)cc1)c1ncccc1C(F)(F)F. The van der Waals surface area contributed by atoms with Crippen molar-refractivity contribution in [3.63, 3.8) is 0 Å². The quantitative estimate of drug-likeness (QED) is 0.791.